The molecule has 1 fully saturated rings. The molecule has 240 valence electrons. The highest BCUT2D eigenvalue weighted by molar-refractivity contribution is 6.30. The highest BCUT2D eigenvalue weighted by Crippen LogP contribution is 2.30. The van der Waals surface area contributed by atoms with Crippen LogP contribution in [0.1, 0.15) is 40.8 Å². The van der Waals surface area contributed by atoms with Crippen molar-refractivity contribution < 1.29 is 9.84 Å². The zero-order valence-corrected chi connectivity index (χ0v) is 28.0. The van der Waals surface area contributed by atoms with Gasteiger partial charge in [-0.2, -0.15) is 0 Å². The number of hydrogen-bond acceptors (Lipinski definition) is 6. The van der Waals surface area contributed by atoms with Gasteiger partial charge in [-0.05, 0) is 80.1 Å². The van der Waals surface area contributed by atoms with Crippen molar-refractivity contribution in [2.45, 2.75) is 18.4 Å². The number of hydrogen-bond donors (Lipinski definition) is 1. The SMILES string of the molecule is CN(C)CCC(c1ccc(Cl)cc1)c1ccccn1.OCCOCCN1CCN(C(c2ccccc2)c2ccc(Cl)cc2)CC1. The van der Waals surface area contributed by atoms with Crippen molar-refractivity contribution >= 4 is 23.2 Å². The second-order valence-electron chi connectivity index (χ2n) is 11.5. The lowest BCUT2D eigenvalue weighted by Gasteiger charge is -2.39. The van der Waals surface area contributed by atoms with Gasteiger partial charge in [-0.3, -0.25) is 14.8 Å². The molecule has 0 radical (unpaired) electrons. The number of halogens is 2. The van der Waals surface area contributed by atoms with Crippen LogP contribution in [0.2, 0.25) is 10.0 Å². The number of piperazine rings is 1. The van der Waals surface area contributed by atoms with Crippen LogP contribution < -0.4 is 0 Å². The number of aliphatic hydroxyl groups excluding tert-OH is 1. The molecule has 1 saturated heterocycles. The summed E-state index contributed by atoms with van der Waals surface area (Å²) in [5.74, 6) is 0.320. The second-order valence-corrected chi connectivity index (χ2v) is 12.4. The fourth-order valence-corrected chi connectivity index (χ4v) is 5.90. The van der Waals surface area contributed by atoms with E-state index < -0.39 is 0 Å². The van der Waals surface area contributed by atoms with Crippen LogP contribution in [0.25, 0.3) is 0 Å². The Balaban J connectivity index is 0.000000215. The predicted octanol–water partition coefficient (Wildman–Crippen LogP) is 6.87. The van der Waals surface area contributed by atoms with Crippen molar-refractivity contribution in [3.8, 4) is 0 Å². The molecule has 1 aliphatic rings. The molecule has 3 aromatic carbocycles. The maximum absolute atomic E-state index is 8.78. The molecule has 2 atom stereocenters. The molecule has 1 aromatic heterocycles. The summed E-state index contributed by atoms with van der Waals surface area (Å²) in [4.78, 5) is 11.7. The van der Waals surface area contributed by atoms with E-state index in [1.165, 1.54) is 16.7 Å². The fourth-order valence-electron chi connectivity index (χ4n) is 5.65. The van der Waals surface area contributed by atoms with Crippen molar-refractivity contribution in [3.05, 3.63) is 136 Å². The lowest BCUT2D eigenvalue weighted by molar-refractivity contribution is 0.0522. The zero-order valence-electron chi connectivity index (χ0n) is 26.4. The molecule has 8 heteroatoms. The topological polar surface area (TPSA) is 52.1 Å². The number of nitrogens with zero attached hydrogens (tertiary/aromatic N) is 4. The number of aromatic nitrogens is 1. The van der Waals surface area contributed by atoms with E-state index >= 15 is 0 Å². The van der Waals surface area contributed by atoms with Crippen LogP contribution in [0.15, 0.2) is 103 Å². The van der Waals surface area contributed by atoms with Gasteiger partial charge in [0.15, 0.2) is 0 Å². The van der Waals surface area contributed by atoms with Gasteiger partial charge in [0.25, 0.3) is 0 Å². The van der Waals surface area contributed by atoms with Gasteiger partial charge < -0.3 is 14.7 Å². The lowest BCUT2D eigenvalue weighted by atomic mass is 9.92. The van der Waals surface area contributed by atoms with Crippen molar-refractivity contribution in [2.75, 3.05) is 73.2 Å². The van der Waals surface area contributed by atoms with E-state index in [-0.39, 0.29) is 12.6 Å². The largest absolute Gasteiger partial charge is 0.394 e. The molecule has 4 aromatic rings. The van der Waals surface area contributed by atoms with Crippen LogP contribution >= 0.6 is 23.2 Å². The molecular formula is C37H46Cl2N4O2. The molecule has 45 heavy (non-hydrogen) atoms. The summed E-state index contributed by atoms with van der Waals surface area (Å²) >= 11 is 12.1. The first-order valence-corrected chi connectivity index (χ1v) is 16.5. The Labute approximate surface area is 279 Å². The minimum absolute atomic E-state index is 0.0909. The van der Waals surface area contributed by atoms with E-state index in [0.29, 0.717) is 19.1 Å². The van der Waals surface area contributed by atoms with Gasteiger partial charge in [-0.1, -0.05) is 83.9 Å². The van der Waals surface area contributed by atoms with Gasteiger partial charge in [-0.15, -0.1) is 0 Å². The highest BCUT2D eigenvalue weighted by Gasteiger charge is 2.26. The molecule has 0 saturated carbocycles. The van der Waals surface area contributed by atoms with Gasteiger partial charge in [-0.25, -0.2) is 0 Å². The summed E-state index contributed by atoms with van der Waals surface area (Å²) in [5, 5.41) is 10.3. The third-order valence-electron chi connectivity index (χ3n) is 8.04. The first kappa shape index (κ1) is 35.1. The van der Waals surface area contributed by atoms with Gasteiger partial charge in [0, 0.05) is 60.6 Å². The average molecular weight is 650 g/mol. The molecule has 5 rings (SSSR count). The summed E-state index contributed by atoms with van der Waals surface area (Å²) in [6.45, 7) is 7.23. The molecular weight excluding hydrogens is 603 g/mol. The molecule has 2 unspecified atom stereocenters. The maximum Gasteiger partial charge on any atom is 0.0698 e. The smallest absolute Gasteiger partial charge is 0.0698 e. The van der Waals surface area contributed by atoms with E-state index in [9.17, 15) is 0 Å². The molecule has 1 aliphatic heterocycles. The second kappa shape index (κ2) is 19.0. The van der Waals surface area contributed by atoms with Crippen LogP contribution in [0.3, 0.4) is 0 Å². The molecule has 0 amide bonds. The number of aliphatic hydroxyl groups is 1. The summed E-state index contributed by atoms with van der Waals surface area (Å²) < 4.78 is 5.39. The van der Waals surface area contributed by atoms with E-state index in [1.807, 2.05) is 42.6 Å². The van der Waals surface area contributed by atoms with Crippen molar-refractivity contribution in [3.63, 3.8) is 0 Å². The fraction of sp³-hybridized carbons (Fsp3) is 0.378. The minimum Gasteiger partial charge on any atom is -0.394 e. The Kier molecular flexibility index (Phi) is 14.8. The Morgan fingerprint density at radius 1 is 0.756 bits per heavy atom. The standard InChI is InChI=1S/C21H27ClN2O2.C16H19ClN2/c22-20-8-6-19(7-9-20)21(18-4-2-1-3-5-18)24-12-10-23(11-13-24)14-16-26-17-15-25;1-19(2)12-10-15(16-5-3-4-11-18-16)13-6-8-14(17)9-7-13/h1-9,21,25H,10-17H2;3-9,11,15H,10,12H2,1-2H3. The first-order valence-electron chi connectivity index (χ1n) is 15.7. The third kappa shape index (κ3) is 11.5. The van der Waals surface area contributed by atoms with E-state index in [4.69, 9.17) is 33.0 Å². The monoisotopic (exact) mass is 648 g/mol. The predicted molar refractivity (Wildman–Crippen MR) is 186 cm³/mol. The zero-order chi connectivity index (χ0) is 31.9. The number of rotatable bonds is 13. The Bertz CT molecular complexity index is 1350. The average Bonchev–Trinajstić information content (AvgIpc) is 3.07. The van der Waals surface area contributed by atoms with Crippen LogP contribution in [-0.4, -0.2) is 98.0 Å². The van der Waals surface area contributed by atoms with E-state index in [0.717, 1.165) is 61.4 Å². The van der Waals surface area contributed by atoms with E-state index in [2.05, 4.69) is 94.4 Å². The summed E-state index contributed by atoms with van der Waals surface area (Å²) in [6.07, 6.45) is 2.90. The molecule has 0 bridgehead atoms. The number of benzene rings is 3. The summed E-state index contributed by atoms with van der Waals surface area (Å²) in [7, 11) is 4.19. The Morgan fingerprint density at radius 2 is 1.36 bits per heavy atom. The lowest BCUT2D eigenvalue weighted by Crippen LogP contribution is -2.48. The normalized spacial score (nSPS) is 15.3. The molecule has 6 nitrogen and oxygen atoms in total. The van der Waals surface area contributed by atoms with E-state index in [1.54, 1.807) is 0 Å². The molecule has 0 aliphatic carbocycles. The van der Waals surface area contributed by atoms with Crippen LogP contribution in [0, 0.1) is 0 Å². The van der Waals surface area contributed by atoms with Crippen LogP contribution in [0.4, 0.5) is 0 Å². The third-order valence-corrected chi connectivity index (χ3v) is 8.55. The van der Waals surface area contributed by atoms with Gasteiger partial charge >= 0.3 is 0 Å². The molecule has 0 spiro atoms. The quantitative estimate of drug-likeness (QED) is 0.160. The number of ether oxygens (including phenoxy) is 1. The van der Waals surface area contributed by atoms with Crippen LogP contribution in [0.5, 0.6) is 0 Å². The molecule has 1 N–H and O–H groups in total. The minimum atomic E-state index is 0.0909. The highest BCUT2D eigenvalue weighted by atomic mass is 35.5. The summed E-state index contributed by atoms with van der Waals surface area (Å²) in [5.41, 5.74) is 4.98. The van der Waals surface area contributed by atoms with Crippen molar-refractivity contribution in [2.24, 2.45) is 0 Å². The first-order chi connectivity index (χ1) is 21.9. The van der Waals surface area contributed by atoms with Crippen LogP contribution in [-0.2, 0) is 4.74 Å². The van der Waals surface area contributed by atoms with Crippen molar-refractivity contribution in [1.29, 1.82) is 0 Å². The maximum atomic E-state index is 8.78. The van der Waals surface area contributed by atoms with Crippen molar-refractivity contribution in [1.82, 2.24) is 19.7 Å². The van der Waals surface area contributed by atoms with Gasteiger partial charge in [0.05, 0.1) is 25.9 Å². The Morgan fingerprint density at radius 3 is 1.93 bits per heavy atom. The summed E-state index contributed by atoms with van der Waals surface area (Å²) in [6, 6.07) is 33.3. The molecule has 2 heterocycles. The Hall–Kier alpha value is -2.81. The van der Waals surface area contributed by atoms with Gasteiger partial charge in [0.2, 0.25) is 0 Å². The number of pyridine rings is 1. The van der Waals surface area contributed by atoms with Gasteiger partial charge in [0.1, 0.15) is 0 Å².